The zero-order valence-electron chi connectivity index (χ0n) is 19.0. The molecule has 0 radical (unpaired) electrons. The van der Waals surface area contributed by atoms with E-state index in [2.05, 4.69) is 15.2 Å². The van der Waals surface area contributed by atoms with Gasteiger partial charge in [-0.1, -0.05) is 17.7 Å². The van der Waals surface area contributed by atoms with Crippen molar-refractivity contribution in [1.29, 1.82) is 0 Å². The summed E-state index contributed by atoms with van der Waals surface area (Å²) in [5.74, 6) is -0.421. The minimum absolute atomic E-state index is 0.0652. The Bertz CT molecular complexity index is 1270. The first-order valence-corrected chi connectivity index (χ1v) is 12.1. The minimum atomic E-state index is -4.53. The van der Waals surface area contributed by atoms with Crippen LogP contribution in [0.5, 0.6) is 0 Å². The first kappa shape index (κ1) is 23.9. The predicted octanol–water partition coefficient (Wildman–Crippen LogP) is 5.79. The first-order chi connectivity index (χ1) is 16.7. The topological polar surface area (TPSA) is 71.2 Å². The summed E-state index contributed by atoms with van der Waals surface area (Å²) in [5.41, 5.74) is 8.15. The summed E-state index contributed by atoms with van der Waals surface area (Å²) in [6.07, 6.45) is -0.0175. The smallest absolute Gasteiger partial charge is 0.382 e. The molecule has 0 unspecified atom stereocenters. The summed E-state index contributed by atoms with van der Waals surface area (Å²) in [7, 11) is 0. The van der Waals surface area contributed by atoms with Crippen LogP contribution in [0.4, 0.5) is 18.9 Å². The molecule has 1 fully saturated rings. The standard InChI is InChI=1S/C26H26ClF3N4O/c27-18-3-8-22-21(12-18)23(13-24(33-22)26(28,29)30)32-19-4-6-20(7-5-19)34-10-9-15-1-2-16(25(31)35)11-17(15)14-34/h1-3,8,11-13,19-20H,4-7,9-10,14H2,(H2,31,35)(H,32,33). The Labute approximate surface area is 206 Å². The lowest BCUT2D eigenvalue weighted by molar-refractivity contribution is -0.140. The van der Waals surface area contributed by atoms with E-state index in [1.807, 2.05) is 12.1 Å². The van der Waals surface area contributed by atoms with Gasteiger partial charge in [0.25, 0.3) is 0 Å². The second-order valence-corrected chi connectivity index (χ2v) is 9.87. The zero-order chi connectivity index (χ0) is 24.7. The van der Waals surface area contributed by atoms with E-state index in [-0.39, 0.29) is 11.6 Å². The lowest BCUT2D eigenvalue weighted by Crippen LogP contribution is -2.43. The molecule has 3 N–H and O–H groups in total. The van der Waals surface area contributed by atoms with Gasteiger partial charge in [0.2, 0.25) is 5.91 Å². The van der Waals surface area contributed by atoms with Gasteiger partial charge in [0.1, 0.15) is 5.69 Å². The maximum Gasteiger partial charge on any atom is 0.433 e. The van der Waals surface area contributed by atoms with Gasteiger partial charge in [0, 0.05) is 46.8 Å². The number of aromatic nitrogens is 1. The Morgan fingerprint density at radius 2 is 1.83 bits per heavy atom. The lowest BCUT2D eigenvalue weighted by atomic mass is 9.87. The number of hydrogen-bond acceptors (Lipinski definition) is 4. The number of carbonyl (C=O) groups is 1. The van der Waals surface area contributed by atoms with Crippen molar-refractivity contribution in [3.8, 4) is 0 Å². The van der Waals surface area contributed by atoms with Crippen LogP contribution in [0.1, 0.15) is 52.9 Å². The molecule has 2 aromatic carbocycles. The van der Waals surface area contributed by atoms with Crippen molar-refractivity contribution in [3.05, 3.63) is 69.9 Å². The largest absolute Gasteiger partial charge is 0.433 e. The van der Waals surface area contributed by atoms with E-state index in [9.17, 15) is 18.0 Å². The molecule has 1 aliphatic heterocycles. The molecule has 1 aromatic heterocycles. The number of alkyl halides is 3. The SMILES string of the molecule is NC(=O)c1ccc2c(c1)CN(C1CCC(Nc3cc(C(F)(F)F)nc4ccc(Cl)cc34)CC1)CC2. The number of nitrogens with one attached hydrogen (secondary N) is 1. The third-order valence-corrected chi connectivity index (χ3v) is 7.40. The monoisotopic (exact) mass is 502 g/mol. The number of carbonyl (C=O) groups excluding carboxylic acids is 1. The predicted molar refractivity (Wildman–Crippen MR) is 130 cm³/mol. The van der Waals surface area contributed by atoms with Crippen molar-refractivity contribution < 1.29 is 18.0 Å². The van der Waals surface area contributed by atoms with E-state index >= 15 is 0 Å². The van der Waals surface area contributed by atoms with Crippen LogP contribution in [0.3, 0.4) is 0 Å². The number of anilines is 1. The van der Waals surface area contributed by atoms with Gasteiger partial charge in [-0.15, -0.1) is 0 Å². The number of nitrogens with zero attached hydrogens (tertiary/aromatic N) is 2. The lowest BCUT2D eigenvalue weighted by Gasteiger charge is -2.40. The molecule has 0 bridgehead atoms. The van der Waals surface area contributed by atoms with Crippen molar-refractivity contribution in [2.75, 3.05) is 11.9 Å². The molecule has 1 amide bonds. The zero-order valence-corrected chi connectivity index (χ0v) is 19.8. The highest BCUT2D eigenvalue weighted by atomic mass is 35.5. The van der Waals surface area contributed by atoms with Gasteiger partial charge in [-0.3, -0.25) is 9.69 Å². The van der Waals surface area contributed by atoms with Gasteiger partial charge in [0.15, 0.2) is 0 Å². The number of pyridine rings is 1. The second kappa shape index (κ2) is 9.32. The van der Waals surface area contributed by atoms with E-state index in [0.717, 1.165) is 56.8 Å². The Hall–Kier alpha value is -2.84. The molecule has 5 nitrogen and oxygen atoms in total. The van der Waals surface area contributed by atoms with Gasteiger partial charge < -0.3 is 11.1 Å². The Kier molecular flexibility index (Phi) is 6.36. The summed E-state index contributed by atoms with van der Waals surface area (Å²) < 4.78 is 40.3. The highest BCUT2D eigenvalue weighted by Gasteiger charge is 2.34. The quantitative estimate of drug-likeness (QED) is 0.474. The summed E-state index contributed by atoms with van der Waals surface area (Å²) in [6, 6.07) is 12.0. The molecule has 0 saturated heterocycles. The van der Waals surface area contributed by atoms with Crippen LogP contribution < -0.4 is 11.1 Å². The van der Waals surface area contributed by atoms with E-state index in [4.69, 9.17) is 17.3 Å². The minimum Gasteiger partial charge on any atom is -0.382 e. The number of amides is 1. The molecule has 0 spiro atoms. The number of benzene rings is 2. The molecule has 2 aliphatic rings. The van der Waals surface area contributed by atoms with Crippen LogP contribution in [0.2, 0.25) is 5.02 Å². The van der Waals surface area contributed by atoms with Crippen molar-refractivity contribution in [2.24, 2.45) is 5.73 Å². The molecular weight excluding hydrogens is 477 g/mol. The third-order valence-electron chi connectivity index (χ3n) is 7.17. The van der Waals surface area contributed by atoms with Gasteiger partial charge in [-0.05, 0) is 79.6 Å². The highest BCUT2D eigenvalue weighted by Crippen LogP contribution is 2.36. The van der Waals surface area contributed by atoms with Crippen molar-refractivity contribution >= 4 is 34.1 Å². The van der Waals surface area contributed by atoms with E-state index in [0.29, 0.717) is 27.7 Å². The van der Waals surface area contributed by atoms with Crippen LogP contribution in [-0.2, 0) is 19.1 Å². The Balaban J connectivity index is 1.28. The van der Waals surface area contributed by atoms with Crippen LogP contribution in [0.25, 0.3) is 10.9 Å². The summed E-state index contributed by atoms with van der Waals surface area (Å²) in [5, 5.41) is 4.40. The average Bonchev–Trinajstić information content (AvgIpc) is 2.83. The normalized spacial score (nSPS) is 21.0. The molecule has 1 aliphatic carbocycles. The maximum absolute atomic E-state index is 13.4. The van der Waals surface area contributed by atoms with Crippen LogP contribution in [-0.4, -0.2) is 34.4 Å². The van der Waals surface area contributed by atoms with Crippen LogP contribution >= 0.6 is 11.6 Å². The summed E-state index contributed by atoms with van der Waals surface area (Å²) in [6.45, 7) is 1.73. The van der Waals surface area contributed by atoms with E-state index in [1.165, 1.54) is 11.6 Å². The number of primary amides is 1. The Morgan fingerprint density at radius 3 is 2.54 bits per heavy atom. The number of nitrogens with two attached hydrogens (primary N) is 1. The molecule has 1 saturated carbocycles. The van der Waals surface area contributed by atoms with Crippen molar-refractivity contribution in [3.63, 3.8) is 0 Å². The summed E-state index contributed by atoms with van der Waals surface area (Å²) >= 11 is 6.12. The van der Waals surface area contributed by atoms with Crippen molar-refractivity contribution in [2.45, 2.75) is 56.9 Å². The van der Waals surface area contributed by atoms with Gasteiger partial charge in [0.05, 0.1) is 5.52 Å². The molecule has 5 rings (SSSR count). The van der Waals surface area contributed by atoms with E-state index in [1.54, 1.807) is 18.2 Å². The first-order valence-electron chi connectivity index (χ1n) is 11.8. The molecule has 9 heteroatoms. The molecule has 0 atom stereocenters. The van der Waals surface area contributed by atoms with Gasteiger partial charge in [-0.2, -0.15) is 13.2 Å². The fourth-order valence-corrected chi connectivity index (χ4v) is 5.48. The van der Waals surface area contributed by atoms with Gasteiger partial charge in [-0.25, -0.2) is 4.98 Å². The number of fused-ring (bicyclic) bond motifs is 2. The fraction of sp³-hybridized carbons (Fsp3) is 0.385. The van der Waals surface area contributed by atoms with Crippen LogP contribution in [0, 0.1) is 0 Å². The fourth-order valence-electron chi connectivity index (χ4n) is 5.31. The number of rotatable bonds is 4. The molecule has 184 valence electrons. The molecule has 35 heavy (non-hydrogen) atoms. The second-order valence-electron chi connectivity index (χ2n) is 9.43. The average molecular weight is 503 g/mol. The molecular formula is C26H26ClF3N4O. The number of halogens is 4. The highest BCUT2D eigenvalue weighted by molar-refractivity contribution is 6.31. The van der Waals surface area contributed by atoms with Crippen LogP contribution in [0.15, 0.2) is 42.5 Å². The Morgan fingerprint density at radius 1 is 1.06 bits per heavy atom. The third kappa shape index (κ3) is 5.09. The van der Waals surface area contributed by atoms with E-state index < -0.39 is 17.8 Å². The summed E-state index contributed by atoms with van der Waals surface area (Å²) in [4.78, 5) is 17.8. The van der Waals surface area contributed by atoms with Crippen molar-refractivity contribution in [1.82, 2.24) is 9.88 Å². The molecule has 2 heterocycles. The van der Waals surface area contributed by atoms with Gasteiger partial charge >= 0.3 is 6.18 Å². The maximum atomic E-state index is 13.4. The molecule has 3 aromatic rings. The number of hydrogen-bond donors (Lipinski definition) is 2.